The smallest absolute Gasteiger partial charge is 0.332 e. The van der Waals surface area contributed by atoms with Crippen molar-refractivity contribution in [1.29, 1.82) is 0 Å². The molecule has 0 fully saturated rings. The standard InChI is InChI=1S/C18H18FN3O5/c1-4-27-17(25)13-11(9-5-7-10(19)8-6-9)12-14(20-15(13)23)21(2)18(26)22(3)16(12)24/h5-8,11,13H,4H2,1-3H3,(H,20,23)/t11-,13+/m1/s1. The summed E-state index contributed by atoms with van der Waals surface area (Å²) in [5, 5.41) is 2.47. The van der Waals surface area contributed by atoms with Crippen molar-refractivity contribution in [2.24, 2.45) is 20.0 Å². The van der Waals surface area contributed by atoms with E-state index >= 15 is 0 Å². The lowest BCUT2D eigenvalue weighted by Crippen LogP contribution is -2.49. The van der Waals surface area contributed by atoms with Crippen molar-refractivity contribution < 1.29 is 18.7 Å². The summed E-state index contributed by atoms with van der Waals surface area (Å²) in [4.78, 5) is 50.2. The van der Waals surface area contributed by atoms with Gasteiger partial charge < -0.3 is 10.1 Å². The second kappa shape index (κ2) is 6.82. The van der Waals surface area contributed by atoms with Gasteiger partial charge >= 0.3 is 11.7 Å². The molecule has 3 rings (SSSR count). The maximum absolute atomic E-state index is 13.4. The molecule has 1 aromatic heterocycles. The maximum Gasteiger partial charge on any atom is 0.332 e. The van der Waals surface area contributed by atoms with E-state index in [4.69, 9.17) is 4.74 Å². The van der Waals surface area contributed by atoms with Crippen LogP contribution in [0.15, 0.2) is 33.9 Å². The molecule has 0 bridgehead atoms. The fourth-order valence-electron chi connectivity index (χ4n) is 3.32. The predicted octanol–water partition coefficient (Wildman–Crippen LogP) is 0.486. The third-order valence-electron chi connectivity index (χ3n) is 4.64. The molecule has 1 aliphatic heterocycles. The normalized spacial score (nSPS) is 18.6. The van der Waals surface area contributed by atoms with Gasteiger partial charge in [-0.05, 0) is 24.6 Å². The summed E-state index contributed by atoms with van der Waals surface area (Å²) in [6.45, 7) is 1.65. The molecule has 2 aromatic rings. The summed E-state index contributed by atoms with van der Waals surface area (Å²) in [6.07, 6.45) is 0. The van der Waals surface area contributed by atoms with Crippen molar-refractivity contribution in [1.82, 2.24) is 9.13 Å². The Bertz CT molecular complexity index is 1040. The predicted molar refractivity (Wildman–Crippen MR) is 93.9 cm³/mol. The highest BCUT2D eigenvalue weighted by Gasteiger charge is 2.45. The number of hydrogen-bond donors (Lipinski definition) is 1. The number of carbonyl (C=O) groups excluding carboxylic acids is 2. The molecule has 2 heterocycles. The summed E-state index contributed by atoms with van der Waals surface area (Å²) in [5.41, 5.74) is -0.798. The Labute approximate surface area is 153 Å². The van der Waals surface area contributed by atoms with E-state index in [0.717, 1.165) is 9.13 Å². The molecule has 0 unspecified atom stereocenters. The largest absolute Gasteiger partial charge is 0.465 e. The van der Waals surface area contributed by atoms with Crippen LogP contribution in [-0.4, -0.2) is 27.6 Å². The molecule has 0 saturated carbocycles. The number of rotatable bonds is 3. The van der Waals surface area contributed by atoms with Crippen LogP contribution >= 0.6 is 0 Å². The molecule has 1 amide bonds. The van der Waals surface area contributed by atoms with E-state index in [2.05, 4.69) is 5.32 Å². The third kappa shape index (κ3) is 2.94. The van der Waals surface area contributed by atoms with Gasteiger partial charge in [0.15, 0.2) is 0 Å². The van der Waals surface area contributed by atoms with Crippen LogP contribution in [0.1, 0.15) is 24.0 Å². The van der Waals surface area contributed by atoms with E-state index in [1.807, 2.05) is 0 Å². The minimum atomic E-state index is -1.34. The Kier molecular flexibility index (Phi) is 4.69. The Balaban J connectivity index is 2.34. The number of fused-ring (bicyclic) bond motifs is 1. The first-order valence-electron chi connectivity index (χ1n) is 8.30. The van der Waals surface area contributed by atoms with Gasteiger partial charge in [0.1, 0.15) is 17.6 Å². The lowest BCUT2D eigenvalue weighted by molar-refractivity contribution is -0.151. The number of nitrogens with zero attached hydrogens (tertiary/aromatic N) is 2. The van der Waals surface area contributed by atoms with Gasteiger partial charge in [0.05, 0.1) is 12.2 Å². The minimum Gasteiger partial charge on any atom is -0.465 e. The van der Waals surface area contributed by atoms with Crippen LogP contribution in [0.2, 0.25) is 0 Å². The van der Waals surface area contributed by atoms with Crippen LogP contribution in [0.3, 0.4) is 0 Å². The van der Waals surface area contributed by atoms with Gasteiger partial charge in [-0.2, -0.15) is 0 Å². The van der Waals surface area contributed by atoms with Crippen molar-refractivity contribution in [3.63, 3.8) is 0 Å². The average Bonchev–Trinajstić information content (AvgIpc) is 2.64. The molecule has 0 saturated heterocycles. The van der Waals surface area contributed by atoms with E-state index in [0.29, 0.717) is 5.56 Å². The zero-order valence-electron chi connectivity index (χ0n) is 15.0. The molecular formula is C18H18FN3O5. The molecule has 1 aromatic carbocycles. The highest BCUT2D eigenvalue weighted by atomic mass is 19.1. The van der Waals surface area contributed by atoms with Crippen LogP contribution in [0.4, 0.5) is 10.2 Å². The number of anilines is 1. The van der Waals surface area contributed by atoms with Crippen LogP contribution in [0.5, 0.6) is 0 Å². The molecule has 0 radical (unpaired) electrons. The molecule has 0 aliphatic carbocycles. The SMILES string of the molecule is CCOC(=O)[C@@H]1C(=O)Nc2c(c(=O)n(C)c(=O)n2C)[C@H]1c1ccc(F)cc1. The van der Waals surface area contributed by atoms with Gasteiger partial charge in [0, 0.05) is 20.0 Å². The van der Waals surface area contributed by atoms with Gasteiger partial charge in [0.25, 0.3) is 5.56 Å². The Morgan fingerprint density at radius 1 is 1.15 bits per heavy atom. The second-order valence-electron chi connectivity index (χ2n) is 6.22. The van der Waals surface area contributed by atoms with E-state index in [-0.39, 0.29) is 18.0 Å². The Morgan fingerprint density at radius 2 is 1.78 bits per heavy atom. The third-order valence-corrected chi connectivity index (χ3v) is 4.64. The molecule has 2 atom stereocenters. The van der Waals surface area contributed by atoms with Gasteiger partial charge in [-0.3, -0.25) is 23.5 Å². The van der Waals surface area contributed by atoms with Crippen LogP contribution < -0.4 is 16.6 Å². The van der Waals surface area contributed by atoms with Crippen molar-refractivity contribution in [3.05, 3.63) is 62.0 Å². The molecule has 27 heavy (non-hydrogen) atoms. The van der Waals surface area contributed by atoms with Crippen LogP contribution in [-0.2, 0) is 28.4 Å². The first-order chi connectivity index (χ1) is 12.8. The van der Waals surface area contributed by atoms with E-state index in [9.17, 15) is 23.6 Å². The number of hydrogen-bond acceptors (Lipinski definition) is 5. The van der Waals surface area contributed by atoms with Crippen molar-refractivity contribution in [3.8, 4) is 0 Å². The Hall–Kier alpha value is -3.23. The maximum atomic E-state index is 13.4. The van der Waals surface area contributed by atoms with Crippen molar-refractivity contribution >= 4 is 17.7 Å². The molecular weight excluding hydrogens is 357 g/mol. The highest BCUT2D eigenvalue weighted by Crippen LogP contribution is 2.38. The van der Waals surface area contributed by atoms with Crippen LogP contribution in [0.25, 0.3) is 0 Å². The average molecular weight is 375 g/mol. The number of esters is 1. The molecule has 1 aliphatic rings. The number of amides is 1. The van der Waals surface area contributed by atoms with E-state index in [1.165, 1.54) is 38.4 Å². The zero-order chi connectivity index (χ0) is 19.9. The first-order valence-corrected chi connectivity index (χ1v) is 8.30. The van der Waals surface area contributed by atoms with E-state index in [1.54, 1.807) is 6.92 Å². The number of nitrogens with one attached hydrogen (secondary N) is 1. The number of benzene rings is 1. The van der Waals surface area contributed by atoms with Gasteiger partial charge in [-0.25, -0.2) is 9.18 Å². The molecule has 8 nitrogen and oxygen atoms in total. The van der Waals surface area contributed by atoms with Gasteiger partial charge in [0.2, 0.25) is 5.91 Å². The molecule has 142 valence electrons. The van der Waals surface area contributed by atoms with E-state index < -0.39 is 40.8 Å². The number of carbonyl (C=O) groups is 2. The quantitative estimate of drug-likeness (QED) is 0.622. The molecule has 1 N–H and O–H groups in total. The van der Waals surface area contributed by atoms with Crippen molar-refractivity contribution in [2.75, 3.05) is 11.9 Å². The van der Waals surface area contributed by atoms with Gasteiger partial charge in [-0.1, -0.05) is 12.1 Å². The van der Waals surface area contributed by atoms with Crippen LogP contribution in [0, 0.1) is 11.7 Å². The summed E-state index contributed by atoms with van der Waals surface area (Å²) in [7, 11) is 2.72. The summed E-state index contributed by atoms with van der Waals surface area (Å²) in [6, 6.07) is 5.16. The number of halogens is 1. The number of ether oxygens (including phenoxy) is 1. The highest BCUT2D eigenvalue weighted by molar-refractivity contribution is 6.08. The Morgan fingerprint density at radius 3 is 2.37 bits per heavy atom. The number of aromatic nitrogens is 2. The second-order valence-corrected chi connectivity index (χ2v) is 6.22. The van der Waals surface area contributed by atoms with Crippen molar-refractivity contribution in [2.45, 2.75) is 12.8 Å². The fourth-order valence-corrected chi connectivity index (χ4v) is 3.32. The molecule has 0 spiro atoms. The molecule has 9 heteroatoms. The minimum absolute atomic E-state index is 0.0166. The zero-order valence-corrected chi connectivity index (χ0v) is 15.0. The lowest BCUT2D eigenvalue weighted by Gasteiger charge is -2.32. The first kappa shape index (κ1) is 18.6. The summed E-state index contributed by atoms with van der Waals surface area (Å²) >= 11 is 0. The summed E-state index contributed by atoms with van der Waals surface area (Å²) < 4.78 is 20.4. The topological polar surface area (TPSA) is 99.4 Å². The summed E-state index contributed by atoms with van der Waals surface area (Å²) in [5.74, 6) is -4.33. The van der Waals surface area contributed by atoms with Gasteiger partial charge in [-0.15, -0.1) is 0 Å². The lowest BCUT2D eigenvalue weighted by atomic mass is 9.78. The monoisotopic (exact) mass is 375 g/mol. The fraction of sp³-hybridized carbons (Fsp3) is 0.333.